The lowest BCUT2D eigenvalue weighted by Crippen LogP contribution is -2.56. The SMILES string of the molecule is N[C@H]1OC(OCCC2(Cc3cc4cc5c(ccc(O)c5c3=O)C3C(O)CC(=C4)C(O)C3O)C(=O)OC2=O)C(O)C(O)C(O)C1CO. The Kier molecular flexibility index (Phi) is 8.52. The number of phenols is 1. The van der Waals surface area contributed by atoms with E-state index in [0.717, 1.165) is 0 Å². The third kappa shape index (κ3) is 5.13. The average Bonchev–Trinajstić information content (AvgIpc) is 3.13. The normalized spacial score (nSPS) is 35.1. The van der Waals surface area contributed by atoms with Crippen molar-refractivity contribution in [2.45, 2.75) is 74.3 Å². The van der Waals surface area contributed by atoms with Gasteiger partial charge in [0.05, 0.1) is 42.8 Å². The maximum Gasteiger partial charge on any atom is 0.331 e. The van der Waals surface area contributed by atoms with Crippen LogP contribution in [0.2, 0.25) is 0 Å². The summed E-state index contributed by atoms with van der Waals surface area (Å²) < 4.78 is 15.6. The average molecular weight is 646 g/mol. The summed E-state index contributed by atoms with van der Waals surface area (Å²) in [7, 11) is 0. The predicted octanol–water partition coefficient (Wildman–Crippen LogP) is -2.78. The molecule has 4 bridgehead atoms. The van der Waals surface area contributed by atoms with Crippen molar-refractivity contribution < 1.29 is 64.7 Å². The molecule has 1 saturated carbocycles. The largest absolute Gasteiger partial charge is 0.507 e. The first kappa shape index (κ1) is 32.6. The third-order valence-corrected chi connectivity index (χ3v) is 9.68. The maximum absolute atomic E-state index is 14.0. The van der Waals surface area contributed by atoms with Gasteiger partial charge < -0.3 is 60.8 Å². The van der Waals surface area contributed by atoms with Crippen LogP contribution in [0.1, 0.15) is 35.4 Å². The lowest BCUT2D eigenvalue weighted by molar-refractivity contribution is -0.231. The standard InChI is InChI=1S/C31H35NO14/c32-27-16(10-33)23(38)25(40)26(41)28(45-27)44-4-3-31(29(42)46-30(31)43)9-13-6-11-5-12-8-18(35)19(24(39)22(12)37)14-1-2-17(34)20(21(13)36)15(14)7-11/h1-2,5-7,16,18-19,22-28,33-35,37-41H,3-4,8-10,32H2/t16?,18?,19?,22?,23?,24?,25?,26?,27-,28?/m0/s1. The van der Waals surface area contributed by atoms with Gasteiger partial charge in [-0.05, 0) is 53.1 Å². The van der Waals surface area contributed by atoms with Gasteiger partial charge in [0.1, 0.15) is 30.3 Å². The number of esters is 2. The lowest BCUT2D eigenvalue weighted by atomic mass is 9.74. The molecule has 2 aliphatic heterocycles. The number of aliphatic hydroxyl groups excluding tert-OH is 7. The minimum atomic E-state index is -1.93. The minimum absolute atomic E-state index is 0.0165. The van der Waals surface area contributed by atoms with Gasteiger partial charge in [-0.3, -0.25) is 14.4 Å². The molecule has 10 N–H and O–H groups in total. The molecule has 2 heterocycles. The van der Waals surface area contributed by atoms with Gasteiger partial charge in [-0.25, -0.2) is 0 Å². The highest BCUT2D eigenvalue weighted by Crippen LogP contribution is 2.44. The summed E-state index contributed by atoms with van der Waals surface area (Å²) in [5, 5.41) is 84.1. The Hall–Kier alpha value is -3.35. The van der Waals surface area contributed by atoms with Gasteiger partial charge in [0, 0.05) is 17.9 Å². The van der Waals surface area contributed by atoms with Gasteiger partial charge in [-0.1, -0.05) is 12.1 Å². The Morgan fingerprint density at radius 3 is 2.35 bits per heavy atom. The summed E-state index contributed by atoms with van der Waals surface area (Å²) in [5.74, 6) is -4.48. The van der Waals surface area contributed by atoms with Gasteiger partial charge in [-0.2, -0.15) is 0 Å². The van der Waals surface area contributed by atoms with Crippen molar-refractivity contribution in [2.24, 2.45) is 17.1 Å². The van der Waals surface area contributed by atoms with Crippen LogP contribution in [0.5, 0.6) is 5.75 Å². The van der Waals surface area contributed by atoms with E-state index < -0.39 is 109 Å². The Morgan fingerprint density at radius 2 is 1.67 bits per heavy atom. The number of hydrogen-bond acceptors (Lipinski definition) is 15. The van der Waals surface area contributed by atoms with E-state index in [2.05, 4.69) is 4.74 Å². The Bertz CT molecular complexity index is 1650. The van der Waals surface area contributed by atoms with Crippen molar-refractivity contribution in [1.29, 1.82) is 0 Å². The third-order valence-electron chi connectivity index (χ3n) is 9.68. The maximum atomic E-state index is 14.0. The molecule has 2 saturated heterocycles. The number of aliphatic hydroxyl groups is 7. The molecule has 9 unspecified atom stereocenters. The van der Waals surface area contributed by atoms with E-state index in [0.29, 0.717) is 16.7 Å². The quantitative estimate of drug-likeness (QED) is 0.109. The van der Waals surface area contributed by atoms with Gasteiger partial charge in [0.25, 0.3) is 0 Å². The zero-order valence-electron chi connectivity index (χ0n) is 24.3. The van der Waals surface area contributed by atoms with Crippen LogP contribution in [-0.2, 0) is 30.2 Å². The first-order chi connectivity index (χ1) is 21.8. The Balaban J connectivity index is 1.36. The highest BCUT2D eigenvalue weighted by Gasteiger charge is 2.59. The second-order valence-electron chi connectivity index (χ2n) is 12.4. The first-order valence-corrected chi connectivity index (χ1v) is 14.8. The zero-order valence-corrected chi connectivity index (χ0v) is 24.3. The van der Waals surface area contributed by atoms with E-state index in [1.807, 2.05) is 0 Å². The number of cyclic esters (lactones) is 2. The van der Waals surface area contributed by atoms with Gasteiger partial charge in [0.15, 0.2) is 17.1 Å². The van der Waals surface area contributed by atoms with E-state index in [9.17, 15) is 55.2 Å². The van der Waals surface area contributed by atoms with Crippen LogP contribution in [0.15, 0.2) is 34.6 Å². The number of ether oxygens (including phenoxy) is 3. The van der Waals surface area contributed by atoms with Crippen LogP contribution in [0.4, 0.5) is 0 Å². The molecule has 15 nitrogen and oxygen atoms in total. The summed E-state index contributed by atoms with van der Waals surface area (Å²) >= 11 is 0. The number of carbonyl (C=O) groups is 2. The van der Waals surface area contributed by atoms with E-state index >= 15 is 0 Å². The molecule has 0 amide bonds. The molecular formula is C31H35NO14. The molecule has 2 aromatic carbocycles. The van der Waals surface area contributed by atoms with Crippen LogP contribution in [0.3, 0.4) is 0 Å². The van der Waals surface area contributed by atoms with Crippen molar-refractivity contribution in [3.63, 3.8) is 0 Å². The van der Waals surface area contributed by atoms with Crippen molar-refractivity contribution >= 4 is 28.8 Å². The minimum Gasteiger partial charge on any atom is -0.507 e. The topological polar surface area (TPSA) is 267 Å². The van der Waals surface area contributed by atoms with E-state index in [1.54, 1.807) is 6.07 Å². The second kappa shape index (κ2) is 12.0. The number of fused-ring (bicyclic) bond motifs is 2. The molecule has 0 spiro atoms. The monoisotopic (exact) mass is 645 g/mol. The number of rotatable bonds is 7. The highest BCUT2D eigenvalue weighted by molar-refractivity contribution is 6.14. The molecule has 3 aliphatic carbocycles. The van der Waals surface area contributed by atoms with E-state index in [-0.39, 0.29) is 29.2 Å². The van der Waals surface area contributed by atoms with Crippen LogP contribution < -0.4 is 11.2 Å². The van der Waals surface area contributed by atoms with Crippen LogP contribution in [0, 0.1) is 11.3 Å². The fourth-order valence-corrected chi connectivity index (χ4v) is 6.97. The van der Waals surface area contributed by atoms with Crippen molar-refractivity contribution in [1.82, 2.24) is 0 Å². The summed E-state index contributed by atoms with van der Waals surface area (Å²) in [6.07, 6.45) is -11.4. The molecule has 0 radical (unpaired) electrons. The number of benzene rings is 1. The molecule has 5 aliphatic rings. The molecule has 248 valence electrons. The first-order valence-electron chi connectivity index (χ1n) is 14.8. The molecule has 0 aromatic heterocycles. The van der Waals surface area contributed by atoms with Crippen molar-refractivity contribution in [3.05, 3.63) is 56.8 Å². The summed E-state index contributed by atoms with van der Waals surface area (Å²) in [5.41, 5.74) is 4.09. The molecule has 3 fully saturated rings. The number of aromatic hydroxyl groups is 1. The molecular weight excluding hydrogens is 610 g/mol. The zero-order chi connectivity index (χ0) is 33.2. The van der Waals surface area contributed by atoms with Crippen LogP contribution in [0.25, 0.3) is 16.8 Å². The fourth-order valence-electron chi connectivity index (χ4n) is 6.97. The predicted molar refractivity (Wildman–Crippen MR) is 154 cm³/mol. The van der Waals surface area contributed by atoms with E-state index in [1.165, 1.54) is 24.3 Å². The number of phenolic OH excluding ortho intramolecular Hbond substituents is 1. The number of hydrogen-bond donors (Lipinski definition) is 9. The number of nitrogens with two attached hydrogens (primary N) is 1. The summed E-state index contributed by atoms with van der Waals surface area (Å²) in [4.78, 5) is 39.8. The van der Waals surface area contributed by atoms with Gasteiger partial charge in [-0.15, -0.1) is 0 Å². The van der Waals surface area contributed by atoms with Crippen LogP contribution in [-0.4, -0.2) is 115 Å². The van der Waals surface area contributed by atoms with Crippen molar-refractivity contribution in [2.75, 3.05) is 13.2 Å². The molecule has 2 aromatic rings. The molecule has 10 atom stereocenters. The summed E-state index contributed by atoms with van der Waals surface area (Å²) in [6, 6.07) is 5.65. The Morgan fingerprint density at radius 1 is 0.957 bits per heavy atom. The van der Waals surface area contributed by atoms with Gasteiger partial charge >= 0.3 is 11.9 Å². The van der Waals surface area contributed by atoms with Gasteiger partial charge in [0.2, 0.25) is 0 Å². The smallest absolute Gasteiger partial charge is 0.331 e. The Labute approximate surface area is 260 Å². The van der Waals surface area contributed by atoms with E-state index in [4.69, 9.17) is 15.2 Å². The highest BCUT2D eigenvalue weighted by atomic mass is 16.7. The molecule has 46 heavy (non-hydrogen) atoms. The van der Waals surface area contributed by atoms with Crippen molar-refractivity contribution in [3.8, 4) is 5.75 Å². The lowest BCUT2D eigenvalue weighted by Gasteiger charge is -2.38. The fraction of sp³-hybridized carbons (Fsp3) is 0.516. The molecule has 7 rings (SSSR count). The number of carbonyl (C=O) groups excluding carboxylic acids is 2. The molecule has 15 heteroatoms. The van der Waals surface area contributed by atoms with Crippen LogP contribution >= 0.6 is 0 Å². The summed E-state index contributed by atoms with van der Waals surface area (Å²) in [6.45, 7) is -1.12. The second-order valence-corrected chi connectivity index (χ2v) is 12.4.